The van der Waals surface area contributed by atoms with E-state index in [0.29, 0.717) is 13.0 Å². The number of rotatable bonds is 8. The summed E-state index contributed by atoms with van der Waals surface area (Å²) in [5, 5.41) is 1.98. The van der Waals surface area contributed by atoms with Crippen LogP contribution in [0.1, 0.15) is 38.5 Å². The molecule has 37 heavy (non-hydrogen) atoms. The Morgan fingerprint density at radius 1 is 0.730 bits per heavy atom. The van der Waals surface area contributed by atoms with Crippen LogP contribution in [0, 0.1) is 5.92 Å². The summed E-state index contributed by atoms with van der Waals surface area (Å²) in [5.41, 5.74) is 0. The Morgan fingerprint density at radius 3 is 1.81 bits per heavy atom. The van der Waals surface area contributed by atoms with Crippen LogP contribution in [0.2, 0.25) is 0 Å². The minimum atomic E-state index is -3.28. The average molecular weight is 574 g/mol. The van der Waals surface area contributed by atoms with Crippen LogP contribution in [-0.4, -0.2) is 12.4 Å². The zero-order chi connectivity index (χ0) is 25.6. The van der Waals surface area contributed by atoms with Crippen molar-refractivity contribution in [2.45, 2.75) is 38.5 Å². The summed E-state index contributed by atoms with van der Waals surface area (Å²) in [6.07, 6.45) is 13.5. The number of allylic oxidation sites excluding steroid dienone is 6. The fraction of sp³-hybridized carbons (Fsp3) is 0.242. The Balaban J connectivity index is 1.71. The molecule has 0 aromatic heterocycles. The van der Waals surface area contributed by atoms with E-state index in [1.165, 1.54) is 27.6 Å². The van der Waals surface area contributed by atoms with Crippen LogP contribution in [0.4, 0.5) is 0 Å². The number of hydrogen-bond acceptors (Lipinski definition) is 2. The first kappa shape index (κ1) is 25.9. The van der Waals surface area contributed by atoms with E-state index in [1.54, 1.807) is 6.08 Å². The first-order chi connectivity index (χ1) is 18.1. The van der Waals surface area contributed by atoms with Crippen LogP contribution in [0.25, 0.3) is 0 Å². The maximum absolute atomic E-state index is 12.4. The molecule has 2 aliphatic rings. The van der Waals surface area contributed by atoms with Gasteiger partial charge in [0.2, 0.25) is 0 Å². The van der Waals surface area contributed by atoms with Crippen LogP contribution >= 0.6 is 20.8 Å². The maximum atomic E-state index is 12.4. The van der Waals surface area contributed by atoms with Gasteiger partial charge in [-0.25, -0.2) is 0 Å². The van der Waals surface area contributed by atoms with E-state index < -0.39 is 5.31 Å². The molecule has 5 rings (SSSR count). The predicted octanol–water partition coefficient (Wildman–Crippen LogP) is 7.72. The van der Waals surface area contributed by atoms with E-state index >= 15 is 0 Å². The molecule has 0 saturated heterocycles. The Labute approximate surface area is 228 Å². The van der Waals surface area contributed by atoms with Crippen molar-refractivity contribution in [2.24, 2.45) is 5.92 Å². The normalized spacial score (nSPS) is 19.2. The molecule has 0 radical (unpaired) electrons. The minimum absolute atomic E-state index is 0.101. The summed E-state index contributed by atoms with van der Waals surface area (Å²) in [5.74, 6) is 1.17. The number of halogens is 1. The van der Waals surface area contributed by atoms with Crippen molar-refractivity contribution in [1.82, 2.24) is 0 Å². The molecule has 0 saturated carbocycles. The molecule has 190 valence electrons. The Kier molecular flexibility index (Phi) is 7.93. The third-order valence-electron chi connectivity index (χ3n) is 7.66. The van der Waals surface area contributed by atoms with Gasteiger partial charge in [-0.15, -0.1) is 0 Å². The van der Waals surface area contributed by atoms with Gasteiger partial charge < -0.3 is 0 Å². The molecule has 0 amide bonds. The van der Waals surface area contributed by atoms with Crippen LogP contribution in [0.15, 0.2) is 126 Å². The zero-order valence-electron chi connectivity index (χ0n) is 21.1. The van der Waals surface area contributed by atoms with Crippen molar-refractivity contribution in [3.63, 3.8) is 0 Å². The van der Waals surface area contributed by atoms with Gasteiger partial charge in [-0.05, 0) is 0 Å². The number of ether oxygens (including phenoxy) is 1. The van der Waals surface area contributed by atoms with Gasteiger partial charge in [-0.2, -0.15) is 0 Å². The van der Waals surface area contributed by atoms with Crippen LogP contribution < -0.4 is 15.9 Å². The van der Waals surface area contributed by atoms with E-state index in [4.69, 9.17) is 4.74 Å². The summed E-state index contributed by atoms with van der Waals surface area (Å²) in [6, 6.07) is 32.8. The average Bonchev–Trinajstić information content (AvgIpc) is 3.21. The molecule has 1 unspecified atom stereocenters. The fourth-order valence-corrected chi connectivity index (χ4v) is 14.3. The molecule has 2 aliphatic carbocycles. The van der Waals surface area contributed by atoms with E-state index in [0.717, 1.165) is 31.4 Å². The van der Waals surface area contributed by atoms with E-state index in [1.807, 2.05) is 18.2 Å². The van der Waals surface area contributed by atoms with Crippen molar-refractivity contribution >= 4 is 42.5 Å². The number of carbonyl (C=O) groups is 1. The molecule has 3 aromatic carbocycles. The second kappa shape index (κ2) is 11.3. The van der Waals surface area contributed by atoms with Crippen LogP contribution in [0.5, 0.6) is 0 Å². The van der Waals surface area contributed by atoms with E-state index in [9.17, 15) is 4.79 Å². The second-order valence-electron chi connectivity index (χ2n) is 9.84. The van der Waals surface area contributed by atoms with Crippen molar-refractivity contribution in [3.05, 3.63) is 126 Å². The quantitative estimate of drug-likeness (QED) is 0.258. The molecule has 2 nitrogen and oxygen atoms in total. The molecule has 4 heteroatoms. The summed E-state index contributed by atoms with van der Waals surface area (Å²) < 4.78 is 6.73. The Morgan fingerprint density at radius 2 is 1.27 bits per heavy atom. The summed E-state index contributed by atoms with van der Waals surface area (Å²) in [6.45, 7) is 0.533. The zero-order valence-corrected chi connectivity index (χ0v) is 23.6. The topological polar surface area (TPSA) is 26.3 Å². The van der Waals surface area contributed by atoms with Gasteiger partial charge in [0, 0.05) is 0 Å². The molecule has 1 atom stereocenters. The van der Waals surface area contributed by atoms with Crippen LogP contribution in [0.3, 0.4) is 0 Å². The van der Waals surface area contributed by atoms with Gasteiger partial charge in [0.05, 0.1) is 0 Å². The van der Waals surface area contributed by atoms with Gasteiger partial charge in [-0.3, -0.25) is 0 Å². The number of hydrogen-bond donors (Lipinski definition) is 0. The molecule has 0 fully saturated rings. The third kappa shape index (κ3) is 4.80. The second-order valence-corrected chi connectivity index (χ2v) is 18.2. The first-order valence-electron chi connectivity index (χ1n) is 13.3. The van der Waals surface area contributed by atoms with Crippen molar-refractivity contribution in [1.29, 1.82) is 0 Å². The first-order valence-corrected chi connectivity index (χ1v) is 17.5. The molecule has 0 aliphatic heterocycles. The Hall–Kier alpha value is -2.74. The molecule has 0 heterocycles. The number of ketones is 1. The molecular weight excluding hydrogens is 539 g/mol. The third-order valence-corrected chi connectivity index (χ3v) is 17.9. The monoisotopic (exact) mass is 572 g/mol. The fourth-order valence-electron chi connectivity index (χ4n) is 5.79. The number of benzene rings is 3. The molecular formula is C33H34BrO2P. The van der Waals surface area contributed by atoms with Gasteiger partial charge in [-0.1, -0.05) is 0 Å². The summed E-state index contributed by atoms with van der Waals surface area (Å²) >= 11 is 4.65. The van der Waals surface area contributed by atoms with Gasteiger partial charge in [0.1, 0.15) is 0 Å². The Bertz CT molecular complexity index is 1210. The summed E-state index contributed by atoms with van der Waals surface area (Å²) in [7, 11) is 0. The van der Waals surface area contributed by atoms with Crippen molar-refractivity contribution < 1.29 is 9.53 Å². The number of carbonyl (C=O) groups excluding carboxylic acids is 1. The standard InChI is InChI=1S/C33H34BrO2P/c34-37(28-16-5-1-6-17-28,29-18-7-2-8-19-29,30-20-9-3-10-21-30)33-24-12-4-11-23-32(33)36-26-25-27-15-13-14-22-31(27)35/h1-3,5-10,13-22,27H,4,11-12,23-26H2. The van der Waals surface area contributed by atoms with E-state index in [-0.39, 0.29) is 11.7 Å². The SMILES string of the molecule is O=C1C=CC=CC1CCOC1=C(P(Br)(c2ccccc2)(c2ccccc2)c2ccccc2)CCCCC1. The van der Waals surface area contributed by atoms with Gasteiger partial charge in [0.25, 0.3) is 0 Å². The van der Waals surface area contributed by atoms with E-state index in [2.05, 4.69) is 106 Å². The molecule has 0 spiro atoms. The van der Waals surface area contributed by atoms with Crippen molar-refractivity contribution in [3.8, 4) is 0 Å². The van der Waals surface area contributed by atoms with Crippen LogP contribution in [-0.2, 0) is 9.53 Å². The summed E-state index contributed by atoms with van der Waals surface area (Å²) in [4.78, 5) is 12.4. The predicted molar refractivity (Wildman–Crippen MR) is 162 cm³/mol. The van der Waals surface area contributed by atoms with Crippen molar-refractivity contribution in [2.75, 3.05) is 6.61 Å². The molecule has 3 aromatic rings. The molecule has 0 N–H and O–H groups in total. The van der Waals surface area contributed by atoms with Gasteiger partial charge >= 0.3 is 229 Å². The van der Waals surface area contributed by atoms with Gasteiger partial charge in [0.15, 0.2) is 0 Å². The molecule has 0 bridgehead atoms.